The zero-order valence-corrected chi connectivity index (χ0v) is 11.0. The van der Waals surface area contributed by atoms with Crippen LogP contribution in [0, 0.1) is 0 Å². The van der Waals surface area contributed by atoms with Crippen LogP contribution < -0.4 is 11.1 Å². The molecule has 0 spiro atoms. The average molecular weight is 277 g/mol. The number of rotatable bonds is 4. The van der Waals surface area contributed by atoms with E-state index in [1.807, 2.05) is 0 Å². The molecular formula is C11H11N5S2. The molecule has 0 atom stereocenters. The van der Waals surface area contributed by atoms with Crippen molar-refractivity contribution in [1.29, 1.82) is 0 Å². The number of nitrogens with one attached hydrogen (secondary N) is 2. The quantitative estimate of drug-likeness (QED) is 0.685. The smallest absolute Gasteiger partial charge is 0.243 e. The Hall–Kier alpha value is -1.86. The molecule has 5 nitrogen and oxygen atoms in total. The minimum atomic E-state index is 0.322. The Labute approximate surface area is 112 Å². The van der Waals surface area contributed by atoms with Gasteiger partial charge in [0, 0.05) is 14.6 Å². The molecular weight excluding hydrogens is 266 g/mol. The molecule has 3 aromatic rings. The maximum absolute atomic E-state index is 5.45. The predicted molar refractivity (Wildman–Crippen MR) is 75.8 cm³/mol. The van der Waals surface area contributed by atoms with Gasteiger partial charge in [-0.25, -0.2) is 5.10 Å². The molecule has 0 aliphatic heterocycles. The van der Waals surface area contributed by atoms with E-state index in [2.05, 4.69) is 50.1 Å². The molecule has 0 saturated carbocycles. The van der Waals surface area contributed by atoms with Crippen molar-refractivity contribution in [2.45, 2.75) is 6.54 Å². The lowest BCUT2D eigenvalue weighted by Crippen LogP contribution is -1.99. The van der Waals surface area contributed by atoms with Gasteiger partial charge in [0.2, 0.25) is 11.9 Å². The van der Waals surface area contributed by atoms with Crippen molar-refractivity contribution in [3.8, 4) is 9.75 Å². The Bertz CT molecular complexity index is 625. The zero-order valence-electron chi connectivity index (χ0n) is 9.38. The van der Waals surface area contributed by atoms with E-state index in [1.54, 1.807) is 22.7 Å². The largest absolute Gasteiger partial charge is 0.368 e. The second-order valence-electron chi connectivity index (χ2n) is 3.64. The summed E-state index contributed by atoms with van der Waals surface area (Å²) in [6.45, 7) is 0.702. The molecule has 3 aromatic heterocycles. The standard InChI is InChI=1S/C11H11N5S2/c12-10-14-11(16-15-10)13-6-7-3-4-9(18-7)8-2-1-5-17-8/h1-5H,6H2,(H4,12,13,14,15,16). The first-order valence-corrected chi connectivity index (χ1v) is 7.05. The molecule has 0 amide bonds. The van der Waals surface area contributed by atoms with Crippen LogP contribution in [0.2, 0.25) is 0 Å². The van der Waals surface area contributed by atoms with E-state index in [-0.39, 0.29) is 0 Å². The summed E-state index contributed by atoms with van der Waals surface area (Å²) >= 11 is 3.52. The van der Waals surface area contributed by atoms with Crippen LogP contribution in [0.25, 0.3) is 9.75 Å². The second-order valence-corrected chi connectivity index (χ2v) is 5.76. The van der Waals surface area contributed by atoms with Crippen LogP contribution in [0.15, 0.2) is 29.6 Å². The first-order valence-electron chi connectivity index (χ1n) is 5.35. The SMILES string of the molecule is Nc1nc(NCc2ccc(-c3cccs3)s2)n[nH]1. The van der Waals surface area contributed by atoms with Crippen LogP contribution in [-0.4, -0.2) is 15.2 Å². The lowest BCUT2D eigenvalue weighted by atomic mass is 10.4. The van der Waals surface area contributed by atoms with Crippen LogP contribution >= 0.6 is 22.7 Å². The number of anilines is 2. The van der Waals surface area contributed by atoms with E-state index in [0.717, 1.165) is 0 Å². The highest BCUT2D eigenvalue weighted by Crippen LogP contribution is 2.31. The van der Waals surface area contributed by atoms with Crippen molar-refractivity contribution in [2.24, 2.45) is 0 Å². The van der Waals surface area contributed by atoms with Gasteiger partial charge in [0.15, 0.2) is 0 Å². The highest BCUT2D eigenvalue weighted by molar-refractivity contribution is 7.21. The van der Waals surface area contributed by atoms with Crippen molar-refractivity contribution in [3.63, 3.8) is 0 Å². The molecule has 0 saturated heterocycles. The molecule has 0 bridgehead atoms. The number of aromatic nitrogens is 3. The molecule has 3 rings (SSSR count). The summed E-state index contributed by atoms with van der Waals surface area (Å²) in [5, 5.41) is 11.7. The molecule has 0 radical (unpaired) electrons. The highest BCUT2D eigenvalue weighted by atomic mass is 32.1. The predicted octanol–water partition coefficient (Wildman–Crippen LogP) is 2.79. The minimum Gasteiger partial charge on any atom is -0.368 e. The van der Waals surface area contributed by atoms with Gasteiger partial charge in [-0.1, -0.05) is 6.07 Å². The molecule has 0 aromatic carbocycles. The lowest BCUT2D eigenvalue weighted by Gasteiger charge is -1.97. The summed E-state index contributed by atoms with van der Waals surface area (Å²) in [5.74, 6) is 0.849. The van der Waals surface area contributed by atoms with Gasteiger partial charge in [-0.15, -0.1) is 27.8 Å². The number of thiophene rings is 2. The maximum Gasteiger partial charge on any atom is 0.243 e. The number of hydrogen-bond donors (Lipinski definition) is 3. The van der Waals surface area contributed by atoms with E-state index < -0.39 is 0 Å². The number of hydrogen-bond acceptors (Lipinski definition) is 6. The van der Waals surface area contributed by atoms with Gasteiger partial charge < -0.3 is 11.1 Å². The van der Waals surface area contributed by atoms with Gasteiger partial charge in [-0.05, 0) is 23.6 Å². The summed E-state index contributed by atoms with van der Waals surface area (Å²) in [7, 11) is 0. The zero-order chi connectivity index (χ0) is 12.4. The third-order valence-electron chi connectivity index (χ3n) is 2.35. The van der Waals surface area contributed by atoms with Gasteiger partial charge in [0.25, 0.3) is 0 Å². The number of aromatic amines is 1. The normalized spacial score (nSPS) is 10.7. The first-order chi connectivity index (χ1) is 8.81. The van der Waals surface area contributed by atoms with Crippen molar-refractivity contribution in [2.75, 3.05) is 11.1 Å². The van der Waals surface area contributed by atoms with Gasteiger partial charge in [-0.3, -0.25) is 0 Å². The maximum atomic E-state index is 5.45. The third-order valence-corrected chi connectivity index (χ3v) is 4.50. The molecule has 0 aliphatic carbocycles. The van der Waals surface area contributed by atoms with Crippen LogP contribution in [0.4, 0.5) is 11.9 Å². The topological polar surface area (TPSA) is 79.6 Å². The summed E-state index contributed by atoms with van der Waals surface area (Å²) in [6.07, 6.45) is 0. The molecule has 0 fully saturated rings. The Morgan fingerprint density at radius 1 is 1.28 bits per heavy atom. The van der Waals surface area contributed by atoms with Crippen molar-refractivity contribution < 1.29 is 0 Å². The fraction of sp³-hybridized carbons (Fsp3) is 0.0909. The number of nitrogens with two attached hydrogens (primary N) is 1. The molecule has 0 unspecified atom stereocenters. The third kappa shape index (κ3) is 2.36. The highest BCUT2D eigenvalue weighted by Gasteiger charge is 2.05. The van der Waals surface area contributed by atoms with Crippen LogP contribution in [0.5, 0.6) is 0 Å². The van der Waals surface area contributed by atoms with E-state index in [9.17, 15) is 0 Å². The second kappa shape index (κ2) is 4.79. The van der Waals surface area contributed by atoms with Crippen molar-refractivity contribution >= 4 is 34.6 Å². The lowest BCUT2D eigenvalue weighted by molar-refractivity contribution is 1.06. The Morgan fingerprint density at radius 3 is 2.94 bits per heavy atom. The van der Waals surface area contributed by atoms with Gasteiger partial charge in [0.05, 0.1) is 6.54 Å². The molecule has 4 N–H and O–H groups in total. The molecule has 18 heavy (non-hydrogen) atoms. The fourth-order valence-electron chi connectivity index (χ4n) is 1.54. The number of H-pyrrole nitrogens is 1. The monoisotopic (exact) mass is 277 g/mol. The summed E-state index contributed by atoms with van der Waals surface area (Å²) in [5.41, 5.74) is 5.45. The Morgan fingerprint density at radius 2 is 2.22 bits per heavy atom. The Kier molecular flexibility index (Phi) is 2.99. The van der Waals surface area contributed by atoms with Gasteiger partial charge in [0.1, 0.15) is 0 Å². The fourth-order valence-corrected chi connectivity index (χ4v) is 3.33. The van der Waals surface area contributed by atoms with Gasteiger partial charge in [-0.2, -0.15) is 4.98 Å². The molecule has 7 heteroatoms. The van der Waals surface area contributed by atoms with Crippen LogP contribution in [0.1, 0.15) is 4.88 Å². The van der Waals surface area contributed by atoms with E-state index in [4.69, 9.17) is 5.73 Å². The van der Waals surface area contributed by atoms with Crippen molar-refractivity contribution in [1.82, 2.24) is 15.2 Å². The summed E-state index contributed by atoms with van der Waals surface area (Å²) in [4.78, 5) is 7.81. The summed E-state index contributed by atoms with van der Waals surface area (Å²) < 4.78 is 0. The number of nitrogens with zero attached hydrogens (tertiary/aromatic N) is 2. The molecule has 92 valence electrons. The van der Waals surface area contributed by atoms with E-state index in [1.165, 1.54) is 14.6 Å². The van der Waals surface area contributed by atoms with Crippen LogP contribution in [-0.2, 0) is 6.54 Å². The van der Waals surface area contributed by atoms with Crippen LogP contribution in [0.3, 0.4) is 0 Å². The van der Waals surface area contributed by atoms with Gasteiger partial charge >= 0.3 is 0 Å². The number of nitrogen functional groups attached to an aromatic ring is 1. The Balaban J connectivity index is 1.67. The summed E-state index contributed by atoms with van der Waals surface area (Å²) in [6, 6.07) is 8.44. The van der Waals surface area contributed by atoms with E-state index >= 15 is 0 Å². The molecule has 0 aliphatic rings. The van der Waals surface area contributed by atoms with Crippen molar-refractivity contribution in [3.05, 3.63) is 34.5 Å². The van der Waals surface area contributed by atoms with E-state index in [0.29, 0.717) is 18.4 Å². The average Bonchev–Trinajstić information content (AvgIpc) is 3.07. The molecule has 3 heterocycles. The minimum absolute atomic E-state index is 0.322. The first kappa shape index (κ1) is 11.2.